The highest BCUT2D eigenvalue weighted by molar-refractivity contribution is 7.95. The lowest BCUT2D eigenvalue weighted by Gasteiger charge is -2.10. The second kappa shape index (κ2) is 7.67. The van der Waals surface area contributed by atoms with Crippen molar-refractivity contribution in [1.29, 1.82) is 5.26 Å². The average molecular weight is 390 g/mol. The maximum atomic E-state index is 13.0. The van der Waals surface area contributed by atoms with E-state index in [9.17, 15) is 13.2 Å². The Kier molecular flexibility index (Phi) is 5.30. The first-order valence-corrected chi connectivity index (χ1v) is 10.1. The Morgan fingerprint density at radius 3 is 2.57 bits per heavy atom. The Labute approximate surface area is 163 Å². The molecule has 6 heteroatoms. The highest BCUT2D eigenvalue weighted by Crippen LogP contribution is 2.30. The number of nitrogens with zero attached hydrogens (tertiary/aromatic N) is 1. The first-order chi connectivity index (χ1) is 13.4. The minimum atomic E-state index is -3.70. The molecule has 140 valence electrons. The van der Waals surface area contributed by atoms with Gasteiger partial charge in [-0.3, -0.25) is 4.79 Å². The molecule has 3 aromatic rings. The van der Waals surface area contributed by atoms with Gasteiger partial charge in [0.15, 0.2) is 0 Å². The zero-order valence-corrected chi connectivity index (χ0v) is 16.2. The van der Waals surface area contributed by atoms with Crippen LogP contribution in [0.3, 0.4) is 0 Å². The van der Waals surface area contributed by atoms with Gasteiger partial charge in [0, 0.05) is 17.0 Å². The van der Waals surface area contributed by atoms with E-state index in [4.69, 9.17) is 5.26 Å². The first kappa shape index (κ1) is 19.3. The molecule has 0 aliphatic heterocycles. The Morgan fingerprint density at radius 1 is 1.11 bits per heavy atom. The van der Waals surface area contributed by atoms with Gasteiger partial charge in [0.05, 0.1) is 21.4 Å². The summed E-state index contributed by atoms with van der Waals surface area (Å²) in [4.78, 5) is 15.2. The minimum absolute atomic E-state index is 0.135. The summed E-state index contributed by atoms with van der Waals surface area (Å²) >= 11 is 0. The molecule has 3 rings (SSSR count). The Balaban J connectivity index is 2.31. The van der Waals surface area contributed by atoms with E-state index in [-0.39, 0.29) is 15.4 Å². The van der Waals surface area contributed by atoms with E-state index < -0.39 is 9.84 Å². The van der Waals surface area contributed by atoms with Crippen LogP contribution >= 0.6 is 0 Å². The minimum Gasteiger partial charge on any atom is -0.322 e. The van der Waals surface area contributed by atoms with E-state index in [0.717, 1.165) is 0 Å². The summed E-state index contributed by atoms with van der Waals surface area (Å²) in [5.41, 5.74) is 1.92. The van der Waals surface area contributed by atoms with Crippen LogP contribution in [-0.2, 0) is 9.84 Å². The summed E-state index contributed by atoms with van der Waals surface area (Å²) < 4.78 is 26.0. The molecule has 1 N–H and O–H groups in total. The maximum absolute atomic E-state index is 13.0. The average Bonchev–Trinajstić information content (AvgIpc) is 2.70. The van der Waals surface area contributed by atoms with Crippen molar-refractivity contribution in [3.05, 3.63) is 87.6 Å². The second-order valence-corrected chi connectivity index (χ2v) is 8.09. The quantitative estimate of drug-likeness (QED) is 0.672. The number of aromatic amines is 1. The molecule has 0 aliphatic carbocycles. The van der Waals surface area contributed by atoms with Crippen molar-refractivity contribution in [2.75, 3.05) is 0 Å². The molecule has 28 heavy (non-hydrogen) atoms. The predicted molar refractivity (Wildman–Crippen MR) is 110 cm³/mol. The second-order valence-electron chi connectivity index (χ2n) is 6.14. The van der Waals surface area contributed by atoms with Crippen LogP contribution in [0.25, 0.3) is 22.0 Å². The van der Waals surface area contributed by atoms with E-state index >= 15 is 0 Å². The van der Waals surface area contributed by atoms with E-state index in [1.54, 1.807) is 68.5 Å². The van der Waals surface area contributed by atoms with Gasteiger partial charge in [-0.1, -0.05) is 24.3 Å². The lowest BCUT2D eigenvalue weighted by Crippen LogP contribution is -2.07. The van der Waals surface area contributed by atoms with Gasteiger partial charge in [-0.25, -0.2) is 8.42 Å². The largest absolute Gasteiger partial charge is 0.322 e. The van der Waals surface area contributed by atoms with Gasteiger partial charge in [-0.15, -0.1) is 0 Å². The summed E-state index contributed by atoms with van der Waals surface area (Å²) in [6.07, 6.45) is 4.76. The zero-order valence-electron chi connectivity index (χ0n) is 15.4. The van der Waals surface area contributed by atoms with Crippen molar-refractivity contribution in [2.45, 2.75) is 18.7 Å². The smallest absolute Gasteiger partial charge is 0.249 e. The van der Waals surface area contributed by atoms with Gasteiger partial charge in [0.2, 0.25) is 15.4 Å². The molecule has 0 spiro atoms. The van der Waals surface area contributed by atoms with Crippen molar-refractivity contribution >= 4 is 20.7 Å². The molecule has 0 fully saturated rings. The Morgan fingerprint density at radius 2 is 1.89 bits per heavy atom. The summed E-state index contributed by atoms with van der Waals surface area (Å²) in [6, 6.07) is 15.0. The number of H-pyrrole nitrogens is 1. The number of sulfone groups is 1. The van der Waals surface area contributed by atoms with Crippen LogP contribution in [0.5, 0.6) is 0 Å². The summed E-state index contributed by atoms with van der Waals surface area (Å²) in [5.74, 6) is 0. The van der Waals surface area contributed by atoms with Gasteiger partial charge in [0.1, 0.15) is 0 Å². The highest BCUT2D eigenvalue weighted by atomic mass is 32.2. The van der Waals surface area contributed by atoms with E-state index in [0.29, 0.717) is 27.6 Å². The molecule has 0 saturated heterocycles. The van der Waals surface area contributed by atoms with Crippen molar-refractivity contribution in [3.8, 4) is 17.2 Å². The van der Waals surface area contributed by atoms with Gasteiger partial charge in [-0.2, -0.15) is 5.26 Å². The fraction of sp³-hybridized carbons (Fsp3) is 0.0909. The fourth-order valence-corrected chi connectivity index (χ4v) is 4.45. The molecule has 0 radical (unpaired) electrons. The lowest BCUT2D eigenvalue weighted by molar-refractivity contribution is 0.603. The summed E-state index contributed by atoms with van der Waals surface area (Å²) in [7, 11) is -3.70. The number of hydrogen-bond acceptors (Lipinski definition) is 4. The predicted octanol–water partition coefficient (Wildman–Crippen LogP) is 4.32. The summed E-state index contributed by atoms with van der Waals surface area (Å²) in [6.45, 7) is 3.43. The number of aromatic nitrogens is 1. The topological polar surface area (TPSA) is 90.8 Å². The first-order valence-electron chi connectivity index (χ1n) is 8.62. The number of allylic oxidation sites excluding steroid dienone is 3. The van der Waals surface area contributed by atoms with Gasteiger partial charge < -0.3 is 4.98 Å². The molecule has 0 bridgehead atoms. The van der Waals surface area contributed by atoms with Gasteiger partial charge in [-0.05, 0) is 61.4 Å². The van der Waals surface area contributed by atoms with Crippen LogP contribution in [0.2, 0.25) is 0 Å². The molecule has 1 aromatic heterocycles. The third kappa shape index (κ3) is 3.53. The molecule has 5 nitrogen and oxygen atoms in total. The van der Waals surface area contributed by atoms with Crippen LogP contribution in [0, 0.1) is 11.3 Å². The number of fused-ring (bicyclic) bond motifs is 1. The molecule has 0 aliphatic rings. The van der Waals surface area contributed by atoms with E-state index in [1.807, 2.05) is 0 Å². The Bertz CT molecular complexity index is 1320. The van der Waals surface area contributed by atoms with Crippen molar-refractivity contribution in [2.24, 2.45) is 0 Å². The third-order valence-corrected chi connectivity index (χ3v) is 6.22. The molecule has 1 heterocycles. The molecular weight excluding hydrogens is 372 g/mol. The number of pyridine rings is 1. The van der Waals surface area contributed by atoms with Crippen molar-refractivity contribution < 1.29 is 8.42 Å². The number of nitrogens with one attached hydrogen (secondary N) is 1. The van der Waals surface area contributed by atoms with Gasteiger partial charge in [0.25, 0.3) is 0 Å². The highest BCUT2D eigenvalue weighted by Gasteiger charge is 2.19. The summed E-state index contributed by atoms with van der Waals surface area (Å²) in [5, 5.41) is 9.75. The number of rotatable bonds is 4. The molecule has 2 aromatic carbocycles. The lowest BCUT2D eigenvalue weighted by atomic mass is 10.00. The normalized spacial score (nSPS) is 12.4. The molecule has 0 saturated carbocycles. The molecule has 0 atom stereocenters. The van der Waals surface area contributed by atoms with Gasteiger partial charge >= 0.3 is 0 Å². The van der Waals surface area contributed by atoms with Crippen molar-refractivity contribution in [3.63, 3.8) is 0 Å². The van der Waals surface area contributed by atoms with Crippen LogP contribution < -0.4 is 5.56 Å². The monoisotopic (exact) mass is 390 g/mol. The SMILES string of the molecule is C/C=C\C(=C/C)S(=O)(=O)c1ccc2[nH]c(=O)cc(-c3cccc(C#N)c3)c2c1. The number of hydrogen-bond donors (Lipinski definition) is 1. The number of nitriles is 1. The van der Waals surface area contributed by atoms with E-state index in [2.05, 4.69) is 11.1 Å². The standard InChI is InChI=1S/C22H18N2O3S/c1-3-6-17(4-2)28(26,27)18-9-10-21-20(12-18)19(13-22(25)24-21)16-8-5-7-15(11-16)14-23/h3-13H,1-2H3,(H,24,25)/b6-3-,17-4+. The number of benzene rings is 2. The molecule has 0 unspecified atom stereocenters. The van der Waals surface area contributed by atoms with Crippen LogP contribution in [0.15, 0.2) is 81.4 Å². The van der Waals surface area contributed by atoms with Crippen molar-refractivity contribution in [1.82, 2.24) is 4.98 Å². The van der Waals surface area contributed by atoms with Crippen LogP contribution in [0.1, 0.15) is 19.4 Å². The third-order valence-electron chi connectivity index (χ3n) is 4.35. The fourth-order valence-electron chi connectivity index (χ4n) is 3.04. The maximum Gasteiger partial charge on any atom is 0.249 e. The molecule has 0 amide bonds. The van der Waals surface area contributed by atoms with E-state index in [1.165, 1.54) is 12.1 Å². The zero-order chi connectivity index (χ0) is 20.3. The van der Waals surface area contributed by atoms with Crippen LogP contribution in [0.4, 0.5) is 0 Å². The van der Waals surface area contributed by atoms with Crippen LogP contribution in [-0.4, -0.2) is 13.4 Å². The Hall–Kier alpha value is -3.43. The molecular formula is C22H18N2O3S.